The molecule has 5 heteroatoms. The summed E-state index contributed by atoms with van der Waals surface area (Å²) >= 11 is 5.94. The summed E-state index contributed by atoms with van der Waals surface area (Å²) < 4.78 is 4.96. The summed E-state index contributed by atoms with van der Waals surface area (Å²) in [5, 5.41) is 3.55. The highest BCUT2D eigenvalue weighted by molar-refractivity contribution is 6.30. The van der Waals surface area contributed by atoms with Crippen LogP contribution in [0.5, 0.6) is 5.88 Å². The van der Waals surface area contributed by atoms with Gasteiger partial charge in [-0.3, -0.25) is 4.79 Å². The molecule has 0 aliphatic rings. The maximum atomic E-state index is 12.1. The minimum Gasteiger partial charge on any atom is -0.481 e. The lowest BCUT2D eigenvalue weighted by Gasteiger charge is -2.14. The van der Waals surface area contributed by atoms with Crippen LogP contribution in [0.25, 0.3) is 0 Å². The minimum absolute atomic E-state index is 0.136. The summed E-state index contributed by atoms with van der Waals surface area (Å²) in [7, 11) is 1.53. The maximum absolute atomic E-state index is 12.1. The second-order valence-corrected chi connectivity index (χ2v) is 4.78. The second-order valence-electron chi connectivity index (χ2n) is 4.34. The fourth-order valence-electron chi connectivity index (χ4n) is 1.77. The van der Waals surface area contributed by atoms with Gasteiger partial charge in [-0.25, -0.2) is 4.98 Å². The van der Waals surface area contributed by atoms with Gasteiger partial charge in [0, 0.05) is 17.3 Å². The monoisotopic (exact) mass is 290 g/mol. The fraction of sp³-hybridized carbons (Fsp3) is 0.200. The Labute approximate surface area is 122 Å². The highest BCUT2D eigenvalue weighted by Crippen LogP contribution is 2.18. The molecule has 1 amide bonds. The molecule has 4 nitrogen and oxygen atoms in total. The first-order valence-electron chi connectivity index (χ1n) is 6.16. The summed E-state index contributed by atoms with van der Waals surface area (Å²) in [5.41, 5.74) is 1.44. The SMILES string of the molecule is COc1ccc(C(=O)NC(C)c2cccc(Cl)c2)cn1. The number of methoxy groups -OCH3 is 1. The number of nitrogens with zero attached hydrogens (tertiary/aromatic N) is 1. The summed E-state index contributed by atoms with van der Waals surface area (Å²) in [5.74, 6) is 0.289. The molecule has 1 N–H and O–H groups in total. The van der Waals surface area contributed by atoms with Gasteiger partial charge in [0.05, 0.1) is 18.7 Å². The van der Waals surface area contributed by atoms with E-state index < -0.39 is 0 Å². The molecule has 0 saturated heterocycles. The van der Waals surface area contributed by atoms with E-state index in [1.165, 1.54) is 13.3 Å². The first-order chi connectivity index (χ1) is 9.60. The van der Waals surface area contributed by atoms with Crippen molar-refractivity contribution < 1.29 is 9.53 Å². The number of halogens is 1. The predicted molar refractivity (Wildman–Crippen MR) is 78.1 cm³/mol. The maximum Gasteiger partial charge on any atom is 0.253 e. The number of aromatic nitrogens is 1. The molecule has 2 aromatic rings. The second kappa shape index (κ2) is 6.39. The van der Waals surface area contributed by atoms with Crippen molar-refractivity contribution in [2.75, 3.05) is 7.11 Å². The fourth-order valence-corrected chi connectivity index (χ4v) is 1.97. The first-order valence-corrected chi connectivity index (χ1v) is 6.54. The molecule has 0 bridgehead atoms. The number of nitrogens with one attached hydrogen (secondary N) is 1. The van der Waals surface area contributed by atoms with Gasteiger partial charge in [0.2, 0.25) is 5.88 Å². The Bertz CT molecular complexity index is 599. The molecule has 1 unspecified atom stereocenters. The summed E-state index contributed by atoms with van der Waals surface area (Å²) in [6.07, 6.45) is 1.48. The Morgan fingerprint density at radius 3 is 2.75 bits per heavy atom. The third kappa shape index (κ3) is 3.48. The molecule has 1 aromatic heterocycles. The van der Waals surface area contributed by atoms with Gasteiger partial charge in [0.15, 0.2) is 0 Å². The molecule has 0 aliphatic heterocycles. The number of amides is 1. The van der Waals surface area contributed by atoms with Crippen LogP contribution in [0.3, 0.4) is 0 Å². The number of pyridine rings is 1. The minimum atomic E-state index is -0.187. The van der Waals surface area contributed by atoms with Gasteiger partial charge in [-0.2, -0.15) is 0 Å². The third-order valence-electron chi connectivity index (χ3n) is 2.90. The molecule has 1 aromatic carbocycles. The van der Waals surface area contributed by atoms with Gasteiger partial charge >= 0.3 is 0 Å². The lowest BCUT2D eigenvalue weighted by atomic mass is 10.1. The molecule has 20 heavy (non-hydrogen) atoms. The van der Waals surface area contributed by atoms with Gasteiger partial charge in [-0.05, 0) is 30.7 Å². The van der Waals surface area contributed by atoms with Crippen LogP contribution in [0.4, 0.5) is 0 Å². The van der Waals surface area contributed by atoms with Crippen molar-refractivity contribution in [2.24, 2.45) is 0 Å². The average molecular weight is 291 g/mol. The predicted octanol–water partition coefficient (Wildman–Crippen LogP) is 3.23. The highest BCUT2D eigenvalue weighted by atomic mass is 35.5. The molecule has 1 heterocycles. The average Bonchev–Trinajstić information content (AvgIpc) is 2.47. The van der Waals surface area contributed by atoms with Crippen LogP contribution in [0.2, 0.25) is 5.02 Å². The molecule has 0 aliphatic carbocycles. The van der Waals surface area contributed by atoms with Crippen molar-refractivity contribution in [1.29, 1.82) is 0 Å². The molecule has 0 radical (unpaired) electrons. The van der Waals surface area contributed by atoms with Crippen LogP contribution < -0.4 is 10.1 Å². The number of rotatable bonds is 4. The van der Waals surface area contributed by atoms with E-state index >= 15 is 0 Å². The zero-order chi connectivity index (χ0) is 14.5. The zero-order valence-electron chi connectivity index (χ0n) is 11.3. The Balaban J connectivity index is 2.06. The van der Waals surface area contributed by atoms with Crippen molar-refractivity contribution in [3.63, 3.8) is 0 Å². The van der Waals surface area contributed by atoms with Crippen molar-refractivity contribution in [1.82, 2.24) is 10.3 Å². The van der Waals surface area contributed by atoms with Crippen LogP contribution in [-0.4, -0.2) is 18.0 Å². The van der Waals surface area contributed by atoms with Crippen molar-refractivity contribution >= 4 is 17.5 Å². The molecule has 0 spiro atoms. The van der Waals surface area contributed by atoms with Crippen LogP contribution in [0.15, 0.2) is 42.6 Å². The largest absolute Gasteiger partial charge is 0.481 e. The third-order valence-corrected chi connectivity index (χ3v) is 3.14. The summed E-state index contributed by atoms with van der Waals surface area (Å²) in [4.78, 5) is 16.1. The molecule has 104 valence electrons. The Hall–Kier alpha value is -2.07. The molecular formula is C15H15ClN2O2. The molecular weight excluding hydrogens is 276 g/mol. The van der Waals surface area contributed by atoms with Crippen molar-refractivity contribution in [2.45, 2.75) is 13.0 Å². The molecule has 0 saturated carbocycles. The summed E-state index contributed by atoms with van der Waals surface area (Å²) in [6, 6.07) is 10.6. The number of ether oxygens (including phenoxy) is 1. The van der Waals surface area contributed by atoms with Gasteiger partial charge in [0.25, 0.3) is 5.91 Å². The smallest absolute Gasteiger partial charge is 0.253 e. The van der Waals surface area contributed by atoms with Crippen LogP contribution in [0, 0.1) is 0 Å². The van der Waals surface area contributed by atoms with Gasteiger partial charge in [0.1, 0.15) is 0 Å². The van der Waals surface area contributed by atoms with E-state index in [0.717, 1.165) is 5.56 Å². The molecule has 0 fully saturated rings. The van der Waals surface area contributed by atoms with E-state index in [9.17, 15) is 4.79 Å². The number of hydrogen-bond acceptors (Lipinski definition) is 3. The quantitative estimate of drug-likeness (QED) is 0.940. The standard InChI is InChI=1S/C15H15ClN2O2/c1-10(11-4-3-5-13(16)8-11)18-15(19)12-6-7-14(20-2)17-9-12/h3-10H,1-2H3,(H,18,19). The van der Waals surface area contributed by atoms with Crippen molar-refractivity contribution in [3.05, 3.63) is 58.7 Å². The van der Waals surface area contributed by atoms with E-state index in [4.69, 9.17) is 16.3 Å². The van der Waals surface area contributed by atoms with Crippen molar-refractivity contribution in [3.8, 4) is 5.88 Å². The van der Waals surface area contributed by atoms with Gasteiger partial charge in [-0.15, -0.1) is 0 Å². The topological polar surface area (TPSA) is 51.2 Å². The Morgan fingerprint density at radius 2 is 2.15 bits per heavy atom. The lowest BCUT2D eigenvalue weighted by Crippen LogP contribution is -2.26. The van der Waals surface area contributed by atoms with Gasteiger partial charge in [-0.1, -0.05) is 23.7 Å². The first kappa shape index (κ1) is 14.3. The summed E-state index contributed by atoms with van der Waals surface area (Å²) in [6.45, 7) is 1.90. The van der Waals surface area contributed by atoms with Gasteiger partial charge < -0.3 is 10.1 Å². The number of benzene rings is 1. The van der Waals surface area contributed by atoms with E-state index in [0.29, 0.717) is 16.5 Å². The molecule has 2 rings (SSSR count). The van der Waals surface area contributed by atoms with Crippen LogP contribution in [-0.2, 0) is 0 Å². The van der Waals surface area contributed by atoms with Crippen LogP contribution in [0.1, 0.15) is 28.9 Å². The normalized spacial score (nSPS) is 11.8. The van der Waals surface area contributed by atoms with E-state index in [1.54, 1.807) is 18.2 Å². The molecule has 1 atom stereocenters. The van der Waals surface area contributed by atoms with E-state index in [-0.39, 0.29) is 11.9 Å². The highest BCUT2D eigenvalue weighted by Gasteiger charge is 2.12. The van der Waals surface area contributed by atoms with E-state index in [1.807, 2.05) is 25.1 Å². The number of carbonyl (C=O) groups excluding carboxylic acids is 1. The Morgan fingerprint density at radius 1 is 1.35 bits per heavy atom. The van der Waals surface area contributed by atoms with E-state index in [2.05, 4.69) is 10.3 Å². The number of hydrogen-bond donors (Lipinski definition) is 1. The number of carbonyl (C=O) groups is 1. The van der Waals surface area contributed by atoms with Crippen LogP contribution >= 0.6 is 11.6 Å². The lowest BCUT2D eigenvalue weighted by molar-refractivity contribution is 0.0939. The Kier molecular flexibility index (Phi) is 4.58. The zero-order valence-corrected chi connectivity index (χ0v) is 12.0.